The molecule has 0 spiro atoms. The summed E-state index contributed by atoms with van der Waals surface area (Å²) in [4.78, 5) is 44.3. The van der Waals surface area contributed by atoms with Crippen LogP contribution < -0.4 is 21.3 Å². The average molecular weight is 476 g/mol. The van der Waals surface area contributed by atoms with E-state index in [0.717, 1.165) is 10.1 Å². The predicted octanol–water partition coefficient (Wildman–Crippen LogP) is 3.10. The summed E-state index contributed by atoms with van der Waals surface area (Å²) in [6.45, 7) is 6.71. The first-order valence-corrected chi connectivity index (χ1v) is 11.6. The lowest BCUT2D eigenvalue weighted by Gasteiger charge is -2.14. The maximum atomic E-state index is 13.5. The minimum absolute atomic E-state index is 0.226. The Morgan fingerprint density at radius 2 is 1.74 bits per heavy atom. The van der Waals surface area contributed by atoms with Crippen LogP contribution in [0, 0.1) is 5.92 Å². The van der Waals surface area contributed by atoms with Gasteiger partial charge in [-0.2, -0.15) is 0 Å². The van der Waals surface area contributed by atoms with Crippen LogP contribution in [-0.4, -0.2) is 31.2 Å². The van der Waals surface area contributed by atoms with Crippen molar-refractivity contribution in [1.29, 1.82) is 0 Å². The van der Waals surface area contributed by atoms with Gasteiger partial charge < -0.3 is 14.6 Å². The number of para-hydroxylation sites is 2. The Hall–Kier alpha value is -4.14. The zero-order valence-corrected chi connectivity index (χ0v) is 20.1. The first kappa shape index (κ1) is 24.0. The number of carbonyl (C=O) groups is 1. The number of nitrogens with zero attached hydrogens (tertiary/aromatic N) is 4. The number of nitrogens with one attached hydrogen (secondary N) is 1. The van der Waals surface area contributed by atoms with Crippen molar-refractivity contribution in [3.63, 3.8) is 0 Å². The highest BCUT2D eigenvalue weighted by Crippen LogP contribution is 2.23. The van der Waals surface area contributed by atoms with Crippen LogP contribution in [0.5, 0.6) is 5.75 Å². The first-order valence-electron chi connectivity index (χ1n) is 11.6. The number of carbonyl (C=O) groups excluding carboxylic acids is 1. The molecule has 1 N–H and O–H groups in total. The molecular weight excluding hydrogens is 446 g/mol. The smallest absolute Gasteiger partial charge is 0.333 e. The van der Waals surface area contributed by atoms with E-state index >= 15 is 0 Å². The molecule has 0 saturated heterocycles. The molecule has 9 heteroatoms. The molecule has 0 radical (unpaired) electrons. The van der Waals surface area contributed by atoms with Gasteiger partial charge in [-0.25, -0.2) is 14.3 Å². The van der Waals surface area contributed by atoms with E-state index in [2.05, 4.69) is 10.3 Å². The van der Waals surface area contributed by atoms with Gasteiger partial charge in [-0.3, -0.25) is 14.2 Å². The Kier molecular flexibility index (Phi) is 7.14. The number of rotatable bonds is 9. The van der Waals surface area contributed by atoms with Crippen LogP contribution in [0.4, 0.5) is 5.69 Å². The highest BCUT2D eigenvalue weighted by atomic mass is 16.5. The lowest BCUT2D eigenvalue weighted by atomic mass is 10.2. The summed E-state index contributed by atoms with van der Waals surface area (Å²) >= 11 is 0. The van der Waals surface area contributed by atoms with Crippen LogP contribution in [0.25, 0.3) is 11.2 Å². The van der Waals surface area contributed by atoms with Crippen molar-refractivity contribution in [1.82, 2.24) is 18.7 Å². The van der Waals surface area contributed by atoms with E-state index in [0.29, 0.717) is 35.8 Å². The summed E-state index contributed by atoms with van der Waals surface area (Å²) in [6.07, 6.45) is 1.58. The number of imidazole rings is 1. The third-order valence-electron chi connectivity index (χ3n) is 5.49. The zero-order chi connectivity index (χ0) is 24.9. The molecule has 0 aliphatic heterocycles. The SMILES string of the molecule is CCOc1ccccc1NC(=O)Cn1c(=O)c2c(ncn2CC(C)C)n(Cc2ccccc2)c1=O. The normalized spacial score (nSPS) is 11.2. The van der Waals surface area contributed by atoms with Crippen molar-refractivity contribution < 1.29 is 9.53 Å². The van der Waals surface area contributed by atoms with Crippen molar-refractivity contribution in [2.24, 2.45) is 5.92 Å². The van der Waals surface area contributed by atoms with Crippen LogP contribution in [0.15, 0.2) is 70.5 Å². The number of amides is 1. The van der Waals surface area contributed by atoms with Crippen LogP contribution in [-0.2, 0) is 24.4 Å². The van der Waals surface area contributed by atoms with Gasteiger partial charge >= 0.3 is 5.69 Å². The van der Waals surface area contributed by atoms with Gasteiger partial charge in [0.1, 0.15) is 12.3 Å². The fraction of sp³-hybridized carbons (Fsp3) is 0.308. The standard InChI is InChI=1S/C26H29N5O4/c1-4-35-21-13-9-8-12-20(21)28-22(32)16-31-25(33)23-24(27-17-29(23)14-18(2)3)30(26(31)34)15-19-10-6-5-7-11-19/h5-13,17-18H,4,14-16H2,1-3H3,(H,28,32). The van der Waals surface area contributed by atoms with Crippen LogP contribution in [0.3, 0.4) is 0 Å². The minimum Gasteiger partial charge on any atom is -0.492 e. The fourth-order valence-electron chi connectivity index (χ4n) is 4.00. The van der Waals surface area contributed by atoms with E-state index in [1.807, 2.05) is 51.1 Å². The van der Waals surface area contributed by atoms with Crippen LogP contribution >= 0.6 is 0 Å². The molecule has 2 aromatic carbocycles. The topological polar surface area (TPSA) is 100 Å². The van der Waals surface area contributed by atoms with Crippen molar-refractivity contribution in [3.8, 4) is 5.75 Å². The van der Waals surface area contributed by atoms with Gasteiger partial charge in [0.05, 0.1) is 25.2 Å². The second kappa shape index (κ2) is 10.4. The summed E-state index contributed by atoms with van der Waals surface area (Å²) < 4.78 is 9.74. The molecule has 0 bridgehead atoms. The van der Waals surface area contributed by atoms with E-state index < -0.39 is 23.7 Å². The van der Waals surface area contributed by atoms with Crippen molar-refractivity contribution in [3.05, 3.63) is 87.3 Å². The fourth-order valence-corrected chi connectivity index (χ4v) is 4.00. The summed E-state index contributed by atoms with van der Waals surface area (Å²) in [7, 11) is 0. The summed E-state index contributed by atoms with van der Waals surface area (Å²) in [5, 5.41) is 2.76. The summed E-state index contributed by atoms with van der Waals surface area (Å²) in [5.41, 5.74) is 0.840. The number of fused-ring (bicyclic) bond motifs is 1. The van der Waals surface area contributed by atoms with Crippen LogP contribution in [0.2, 0.25) is 0 Å². The average Bonchev–Trinajstić information content (AvgIpc) is 3.24. The van der Waals surface area contributed by atoms with Gasteiger partial charge in [-0.1, -0.05) is 56.3 Å². The van der Waals surface area contributed by atoms with E-state index in [1.165, 1.54) is 4.57 Å². The van der Waals surface area contributed by atoms with Gasteiger partial charge in [0.15, 0.2) is 11.2 Å². The predicted molar refractivity (Wildman–Crippen MR) is 135 cm³/mol. The summed E-state index contributed by atoms with van der Waals surface area (Å²) in [6, 6.07) is 16.5. The van der Waals surface area contributed by atoms with Gasteiger partial charge in [0, 0.05) is 6.54 Å². The van der Waals surface area contributed by atoms with Gasteiger partial charge in [-0.15, -0.1) is 0 Å². The van der Waals surface area contributed by atoms with Gasteiger partial charge in [0.2, 0.25) is 5.91 Å². The van der Waals surface area contributed by atoms with Gasteiger partial charge in [-0.05, 0) is 30.5 Å². The molecule has 4 rings (SSSR count). The van der Waals surface area contributed by atoms with E-state index in [9.17, 15) is 14.4 Å². The molecule has 1 amide bonds. The molecule has 4 aromatic rings. The molecule has 0 saturated carbocycles. The zero-order valence-electron chi connectivity index (χ0n) is 20.1. The van der Waals surface area contributed by atoms with Crippen molar-refractivity contribution in [2.45, 2.75) is 40.4 Å². The Morgan fingerprint density at radius 3 is 2.46 bits per heavy atom. The third-order valence-corrected chi connectivity index (χ3v) is 5.49. The van der Waals surface area contributed by atoms with E-state index in [1.54, 1.807) is 35.2 Å². The minimum atomic E-state index is -0.589. The lowest BCUT2D eigenvalue weighted by Crippen LogP contribution is -2.43. The molecule has 9 nitrogen and oxygen atoms in total. The Balaban J connectivity index is 1.77. The number of aromatic nitrogens is 4. The molecule has 0 atom stereocenters. The molecule has 182 valence electrons. The largest absolute Gasteiger partial charge is 0.492 e. The van der Waals surface area contributed by atoms with Gasteiger partial charge in [0.25, 0.3) is 5.56 Å². The van der Waals surface area contributed by atoms with Crippen molar-refractivity contribution >= 4 is 22.8 Å². The molecule has 2 heterocycles. The molecule has 0 fully saturated rings. The maximum absolute atomic E-state index is 13.5. The second-order valence-electron chi connectivity index (χ2n) is 8.69. The molecule has 0 aliphatic carbocycles. The van der Waals surface area contributed by atoms with Crippen molar-refractivity contribution in [2.75, 3.05) is 11.9 Å². The number of hydrogen-bond acceptors (Lipinski definition) is 5. The molecule has 2 aromatic heterocycles. The third kappa shape index (κ3) is 5.18. The van der Waals surface area contributed by atoms with E-state index in [-0.39, 0.29) is 12.5 Å². The summed E-state index contributed by atoms with van der Waals surface area (Å²) in [5.74, 6) is 0.271. The first-order chi connectivity index (χ1) is 16.9. The number of ether oxygens (including phenoxy) is 1. The van der Waals surface area contributed by atoms with Crippen LogP contribution in [0.1, 0.15) is 26.3 Å². The Bertz CT molecular complexity index is 1450. The lowest BCUT2D eigenvalue weighted by molar-refractivity contribution is -0.116. The second-order valence-corrected chi connectivity index (χ2v) is 8.69. The molecule has 0 aliphatic rings. The molecular formula is C26H29N5O4. The number of benzene rings is 2. The highest BCUT2D eigenvalue weighted by Gasteiger charge is 2.20. The highest BCUT2D eigenvalue weighted by molar-refractivity contribution is 5.92. The maximum Gasteiger partial charge on any atom is 0.333 e. The Morgan fingerprint density at radius 1 is 1.03 bits per heavy atom. The Labute approximate surface area is 202 Å². The quantitative estimate of drug-likeness (QED) is 0.401. The molecule has 35 heavy (non-hydrogen) atoms. The number of anilines is 1. The molecule has 0 unspecified atom stereocenters. The van der Waals surface area contributed by atoms with E-state index in [4.69, 9.17) is 4.74 Å². The monoisotopic (exact) mass is 475 g/mol. The number of hydrogen-bond donors (Lipinski definition) is 1.